The van der Waals surface area contributed by atoms with Crippen LogP contribution in [0.15, 0.2) is 0 Å². The minimum Gasteiger partial charge on any atom is -0.394 e. The van der Waals surface area contributed by atoms with Crippen LogP contribution in [0.1, 0.15) is 6.92 Å². The van der Waals surface area contributed by atoms with Crippen molar-refractivity contribution < 1.29 is 14.9 Å². The highest BCUT2D eigenvalue weighted by Crippen LogP contribution is 2.36. The molecule has 0 aliphatic carbocycles. The second kappa shape index (κ2) is 3.06. The third-order valence-electron chi connectivity index (χ3n) is 2.30. The fourth-order valence-corrected chi connectivity index (χ4v) is 1.23. The van der Waals surface area contributed by atoms with Crippen molar-refractivity contribution in [1.82, 2.24) is 0 Å². The van der Waals surface area contributed by atoms with Gasteiger partial charge < -0.3 is 14.9 Å². The molecule has 1 aliphatic rings. The van der Waals surface area contributed by atoms with E-state index in [1.807, 2.05) is 6.07 Å². The van der Waals surface area contributed by atoms with Gasteiger partial charge in [-0.25, -0.2) is 0 Å². The first kappa shape index (κ1) is 9.52. The summed E-state index contributed by atoms with van der Waals surface area (Å²) in [6.45, 7) is 1.18. The van der Waals surface area contributed by atoms with Crippen LogP contribution in [0.5, 0.6) is 0 Å². The Kier molecular flexibility index (Phi) is 2.42. The zero-order chi connectivity index (χ0) is 9.35. The molecule has 0 aromatic heterocycles. The van der Waals surface area contributed by atoms with Crippen LogP contribution in [-0.4, -0.2) is 42.9 Å². The van der Waals surface area contributed by atoms with Crippen molar-refractivity contribution in [1.29, 1.82) is 5.26 Å². The van der Waals surface area contributed by atoms with E-state index in [9.17, 15) is 5.11 Å². The van der Waals surface area contributed by atoms with Crippen LogP contribution in [0, 0.1) is 16.7 Å². The summed E-state index contributed by atoms with van der Waals surface area (Å²) in [7, 11) is 5.46. The number of nitrogens with zero attached hydrogens (tertiary/aromatic N) is 1. The number of hydrogen-bond donors (Lipinski definition) is 2. The third kappa shape index (κ3) is 1.12. The lowest BCUT2D eigenvalue weighted by Crippen LogP contribution is -2.38. The highest BCUT2D eigenvalue weighted by Gasteiger charge is 2.50. The summed E-state index contributed by atoms with van der Waals surface area (Å²) in [5.74, 6) is 0. The summed E-state index contributed by atoms with van der Waals surface area (Å²) >= 11 is 0. The van der Waals surface area contributed by atoms with E-state index in [0.717, 1.165) is 0 Å². The first-order valence-corrected chi connectivity index (χ1v) is 3.67. The van der Waals surface area contributed by atoms with Crippen molar-refractivity contribution in [2.75, 3.05) is 6.61 Å². The van der Waals surface area contributed by atoms with E-state index < -0.39 is 23.6 Å². The van der Waals surface area contributed by atoms with Gasteiger partial charge >= 0.3 is 0 Å². The fraction of sp³-hybridized carbons (Fsp3) is 0.857. The molecular weight excluding hydrogens is 157 g/mol. The summed E-state index contributed by atoms with van der Waals surface area (Å²) < 4.78 is 4.98. The molecule has 1 saturated heterocycles. The summed E-state index contributed by atoms with van der Waals surface area (Å²) in [5, 5.41) is 27.0. The zero-order valence-electron chi connectivity index (χ0n) is 6.77. The molecule has 1 aliphatic heterocycles. The lowest BCUT2D eigenvalue weighted by Gasteiger charge is -2.22. The van der Waals surface area contributed by atoms with E-state index in [4.69, 9.17) is 23.0 Å². The summed E-state index contributed by atoms with van der Waals surface area (Å²) in [6.07, 6.45) is -1.77. The topological polar surface area (TPSA) is 73.5 Å². The van der Waals surface area contributed by atoms with Gasteiger partial charge in [0.2, 0.25) is 0 Å². The maximum absolute atomic E-state index is 9.49. The summed E-state index contributed by atoms with van der Waals surface area (Å²) in [4.78, 5) is 0. The monoisotopic (exact) mass is 167 g/mol. The van der Waals surface area contributed by atoms with E-state index in [1.54, 1.807) is 0 Å². The Bertz CT molecular complexity index is 217. The molecule has 5 heteroatoms. The molecule has 1 rings (SSSR count). The summed E-state index contributed by atoms with van der Waals surface area (Å²) in [5.41, 5.74) is -1.12. The molecule has 64 valence electrons. The minimum absolute atomic E-state index is 0.327. The quantitative estimate of drug-likeness (QED) is 0.479. The van der Waals surface area contributed by atoms with Gasteiger partial charge in [0.25, 0.3) is 0 Å². The normalized spacial score (nSPS) is 47.3. The lowest BCUT2D eigenvalue weighted by molar-refractivity contribution is -0.00604. The Labute approximate surface area is 72.2 Å². The number of rotatable bonds is 1. The van der Waals surface area contributed by atoms with Gasteiger partial charge in [-0.15, -0.1) is 0 Å². The van der Waals surface area contributed by atoms with Gasteiger partial charge in [0, 0.05) is 6.00 Å². The molecule has 1 fully saturated rings. The van der Waals surface area contributed by atoms with Gasteiger partial charge in [-0.2, -0.15) is 5.26 Å². The highest BCUT2D eigenvalue weighted by atomic mass is 16.5. The van der Waals surface area contributed by atoms with Crippen LogP contribution in [-0.2, 0) is 4.74 Å². The van der Waals surface area contributed by atoms with Crippen molar-refractivity contribution in [3.05, 3.63) is 0 Å². The van der Waals surface area contributed by atoms with Crippen LogP contribution in [0.3, 0.4) is 0 Å². The molecule has 0 spiro atoms. The second-order valence-electron chi connectivity index (χ2n) is 3.12. The Morgan fingerprint density at radius 2 is 2.33 bits per heavy atom. The zero-order valence-corrected chi connectivity index (χ0v) is 6.77. The van der Waals surface area contributed by atoms with E-state index in [-0.39, 0.29) is 6.61 Å². The van der Waals surface area contributed by atoms with Crippen molar-refractivity contribution in [3.8, 4) is 6.07 Å². The number of aliphatic hydroxyl groups is 2. The van der Waals surface area contributed by atoms with Crippen LogP contribution >= 0.6 is 0 Å². The molecule has 0 saturated carbocycles. The smallest absolute Gasteiger partial charge is 0.111 e. The maximum atomic E-state index is 9.49. The van der Waals surface area contributed by atoms with Gasteiger partial charge in [-0.05, 0) is 6.92 Å². The number of hydrogen-bond acceptors (Lipinski definition) is 4. The molecule has 4 atom stereocenters. The van der Waals surface area contributed by atoms with Gasteiger partial charge in [-0.3, -0.25) is 0 Å². The van der Waals surface area contributed by atoms with E-state index in [2.05, 4.69) is 0 Å². The Balaban J connectivity index is 2.85. The number of ether oxygens (including phenoxy) is 1. The van der Waals surface area contributed by atoms with Gasteiger partial charge in [0.1, 0.15) is 25.5 Å². The average molecular weight is 167 g/mol. The molecule has 4 unspecified atom stereocenters. The Hall–Kier alpha value is -0.565. The van der Waals surface area contributed by atoms with Gasteiger partial charge in [0.05, 0.1) is 12.7 Å². The van der Waals surface area contributed by atoms with E-state index in [0.29, 0.717) is 0 Å². The van der Waals surface area contributed by atoms with Crippen molar-refractivity contribution in [2.45, 2.75) is 25.1 Å². The molecule has 0 amide bonds. The molecule has 0 aromatic carbocycles. The van der Waals surface area contributed by atoms with Crippen LogP contribution < -0.4 is 0 Å². The lowest BCUT2D eigenvalue weighted by atomic mass is 9.73. The highest BCUT2D eigenvalue weighted by molar-refractivity contribution is 6.12. The van der Waals surface area contributed by atoms with Gasteiger partial charge in [-0.1, -0.05) is 0 Å². The number of aliphatic hydroxyl groups excluding tert-OH is 2. The molecule has 2 N–H and O–H groups in total. The largest absolute Gasteiger partial charge is 0.394 e. The van der Waals surface area contributed by atoms with Crippen LogP contribution in [0.2, 0.25) is 0 Å². The molecule has 1 heterocycles. The molecule has 12 heavy (non-hydrogen) atoms. The third-order valence-corrected chi connectivity index (χ3v) is 2.30. The van der Waals surface area contributed by atoms with Crippen molar-refractivity contribution in [2.24, 2.45) is 5.41 Å². The summed E-state index contributed by atoms with van der Waals surface area (Å²) in [6, 6.07) is 1.05. The predicted octanol–water partition coefficient (Wildman–Crippen LogP) is -1.24. The van der Waals surface area contributed by atoms with Crippen LogP contribution in [0.25, 0.3) is 0 Å². The first-order valence-electron chi connectivity index (χ1n) is 3.67. The molecule has 2 radical (unpaired) electrons. The van der Waals surface area contributed by atoms with E-state index >= 15 is 0 Å². The SMILES string of the molecule is [B]C1OC(CO)C(O)C1(C)C#N. The second-order valence-corrected chi connectivity index (χ2v) is 3.12. The molecule has 4 nitrogen and oxygen atoms in total. The van der Waals surface area contributed by atoms with Crippen LogP contribution in [0.4, 0.5) is 0 Å². The Morgan fingerprint density at radius 3 is 2.58 bits per heavy atom. The van der Waals surface area contributed by atoms with Crippen molar-refractivity contribution >= 4 is 7.85 Å². The average Bonchev–Trinajstić information content (AvgIpc) is 2.30. The predicted molar refractivity (Wildman–Crippen MR) is 41.2 cm³/mol. The maximum Gasteiger partial charge on any atom is 0.111 e. The molecular formula is C7H10BNO3. The van der Waals surface area contributed by atoms with Gasteiger partial charge in [0.15, 0.2) is 0 Å². The van der Waals surface area contributed by atoms with E-state index in [1.165, 1.54) is 6.92 Å². The fourth-order valence-electron chi connectivity index (χ4n) is 1.23. The van der Waals surface area contributed by atoms with Crippen molar-refractivity contribution in [3.63, 3.8) is 0 Å². The molecule has 0 aromatic rings. The standard InChI is InChI=1S/C7H10BNO3/c1-7(3-9)5(11)4(2-10)12-6(7)8/h4-6,10-11H,2H2,1H3. The number of nitriles is 1. The first-order chi connectivity index (χ1) is 5.56. The minimum atomic E-state index is -1.12. The Morgan fingerprint density at radius 1 is 1.75 bits per heavy atom. The molecule has 0 bridgehead atoms.